The standard InChI is InChI=1S/C24H21N5O3/c1-13-6-7-26-24-21(13)27-23(28-24)18(12-25)22(30)17-10-14(2)29(15(17)3)16-4-5-19-20(11-16)32-9-8-31-19/h4-7,10-11,18H,8-9H2,1-3H3,(H,26,27,28). The number of hydrogen-bond acceptors (Lipinski definition) is 6. The molecule has 4 aromatic rings. The van der Waals surface area contributed by atoms with Crippen LogP contribution in [0.2, 0.25) is 0 Å². The molecule has 8 nitrogen and oxygen atoms in total. The number of carbonyl (C=O) groups is 1. The molecule has 0 fully saturated rings. The molecule has 1 aliphatic rings. The van der Waals surface area contributed by atoms with E-state index in [4.69, 9.17) is 9.47 Å². The third kappa shape index (κ3) is 3.10. The number of nitrogens with zero attached hydrogens (tertiary/aromatic N) is 4. The number of carbonyl (C=O) groups excluding carboxylic acids is 1. The monoisotopic (exact) mass is 427 g/mol. The zero-order valence-corrected chi connectivity index (χ0v) is 18.0. The van der Waals surface area contributed by atoms with Gasteiger partial charge in [-0.2, -0.15) is 5.26 Å². The fourth-order valence-corrected chi connectivity index (χ4v) is 4.17. The van der Waals surface area contributed by atoms with Crippen LogP contribution in [0.5, 0.6) is 11.5 Å². The Bertz CT molecular complexity index is 1410. The van der Waals surface area contributed by atoms with Crippen molar-refractivity contribution in [2.24, 2.45) is 0 Å². The minimum absolute atomic E-state index is 0.304. The van der Waals surface area contributed by atoms with Gasteiger partial charge in [0.15, 0.2) is 28.8 Å². The number of hydrogen-bond donors (Lipinski definition) is 1. The van der Waals surface area contributed by atoms with Gasteiger partial charge in [0.25, 0.3) is 0 Å². The fourth-order valence-electron chi connectivity index (χ4n) is 4.17. The summed E-state index contributed by atoms with van der Waals surface area (Å²) in [6, 6.07) is 11.5. The highest BCUT2D eigenvalue weighted by Crippen LogP contribution is 2.34. The zero-order valence-electron chi connectivity index (χ0n) is 18.0. The number of aryl methyl sites for hydroxylation is 2. The molecule has 5 rings (SSSR count). The predicted octanol–water partition coefficient (Wildman–Crippen LogP) is 3.94. The lowest BCUT2D eigenvalue weighted by Gasteiger charge is -2.20. The number of H-pyrrole nitrogens is 1. The van der Waals surface area contributed by atoms with E-state index in [-0.39, 0.29) is 5.78 Å². The molecule has 160 valence electrons. The Morgan fingerprint density at radius 2 is 1.94 bits per heavy atom. The number of pyridine rings is 1. The summed E-state index contributed by atoms with van der Waals surface area (Å²) in [5.74, 6) is 0.323. The molecule has 0 aliphatic carbocycles. The van der Waals surface area contributed by atoms with Gasteiger partial charge >= 0.3 is 0 Å². The lowest BCUT2D eigenvalue weighted by molar-refractivity contribution is 0.0976. The molecular weight excluding hydrogens is 406 g/mol. The second kappa shape index (κ2) is 7.54. The molecule has 32 heavy (non-hydrogen) atoms. The van der Waals surface area contributed by atoms with Crippen molar-refractivity contribution >= 4 is 16.9 Å². The van der Waals surface area contributed by atoms with Crippen LogP contribution in [0, 0.1) is 32.1 Å². The van der Waals surface area contributed by atoms with Crippen molar-refractivity contribution in [1.29, 1.82) is 5.26 Å². The average Bonchev–Trinajstić information content (AvgIpc) is 3.35. The van der Waals surface area contributed by atoms with Gasteiger partial charge in [0.05, 0.1) is 11.6 Å². The molecule has 4 heterocycles. The maximum Gasteiger partial charge on any atom is 0.189 e. The van der Waals surface area contributed by atoms with E-state index in [1.54, 1.807) is 6.20 Å². The summed E-state index contributed by atoms with van der Waals surface area (Å²) >= 11 is 0. The number of imidazole rings is 1. The van der Waals surface area contributed by atoms with Crippen molar-refractivity contribution in [3.63, 3.8) is 0 Å². The lowest BCUT2D eigenvalue weighted by atomic mass is 9.98. The van der Waals surface area contributed by atoms with Crippen LogP contribution < -0.4 is 9.47 Å². The average molecular weight is 427 g/mol. The summed E-state index contributed by atoms with van der Waals surface area (Å²) in [7, 11) is 0. The molecule has 0 radical (unpaired) electrons. The maximum absolute atomic E-state index is 13.4. The summed E-state index contributed by atoms with van der Waals surface area (Å²) in [6.45, 7) is 6.75. The van der Waals surface area contributed by atoms with E-state index in [2.05, 4.69) is 21.0 Å². The quantitative estimate of drug-likeness (QED) is 0.495. The topological polar surface area (TPSA) is 106 Å². The minimum atomic E-state index is -1.06. The molecule has 3 aromatic heterocycles. The smallest absolute Gasteiger partial charge is 0.189 e. The molecule has 1 unspecified atom stereocenters. The van der Waals surface area contributed by atoms with Crippen molar-refractivity contribution in [3.05, 3.63) is 64.9 Å². The Morgan fingerprint density at radius 1 is 1.16 bits per heavy atom. The van der Waals surface area contributed by atoms with Crippen LogP contribution in [-0.2, 0) is 0 Å². The number of aromatic nitrogens is 4. The van der Waals surface area contributed by atoms with Gasteiger partial charge in [0, 0.05) is 34.9 Å². The SMILES string of the molecule is Cc1ccnc2nc(C(C#N)C(=O)c3cc(C)n(-c4ccc5c(c4)OCCO5)c3C)[nH]c12. The molecule has 0 spiro atoms. The summed E-state index contributed by atoms with van der Waals surface area (Å²) in [5.41, 5.74) is 5.15. The highest BCUT2D eigenvalue weighted by molar-refractivity contribution is 6.04. The molecular formula is C24H21N5O3. The Morgan fingerprint density at radius 3 is 2.69 bits per heavy atom. The molecule has 1 aliphatic heterocycles. The van der Waals surface area contributed by atoms with Crippen molar-refractivity contribution in [2.45, 2.75) is 26.7 Å². The van der Waals surface area contributed by atoms with E-state index >= 15 is 0 Å². The zero-order chi connectivity index (χ0) is 22.4. The Balaban J connectivity index is 1.54. The molecule has 8 heteroatoms. The highest BCUT2D eigenvalue weighted by Gasteiger charge is 2.29. The van der Waals surface area contributed by atoms with Gasteiger partial charge in [-0.05, 0) is 50.6 Å². The van der Waals surface area contributed by atoms with E-state index in [0.717, 1.165) is 28.2 Å². The van der Waals surface area contributed by atoms with E-state index in [0.29, 0.717) is 41.7 Å². The van der Waals surface area contributed by atoms with E-state index < -0.39 is 5.92 Å². The highest BCUT2D eigenvalue weighted by atomic mass is 16.6. The molecule has 1 N–H and O–H groups in total. The summed E-state index contributed by atoms with van der Waals surface area (Å²) < 4.78 is 13.3. The van der Waals surface area contributed by atoms with E-state index in [1.807, 2.05) is 55.7 Å². The number of ether oxygens (including phenoxy) is 2. The number of aromatic amines is 1. The molecule has 1 atom stereocenters. The second-order valence-corrected chi connectivity index (χ2v) is 7.82. The van der Waals surface area contributed by atoms with E-state index in [9.17, 15) is 10.1 Å². The van der Waals surface area contributed by atoms with Crippen molar-refractivity contribution in [3.8, 4) is 23.3 Å². The van der Waals surface area contributed by atoms with Crippen LogP contribution in [0.1, 0.15) is 39.1 Å². The Hall–Kier alpha value is -4.12. The Kier molecular flexibility index (Phi) is 4.67. The third-order valence-electron chi connectivity index (χ3n) is 5.76. The first kappa shape index (κ1) is 19.8. The van der Waals surface area contributed by atoms with E-state index in [1.165, 1.54) is 0 Å². The largest absolute Gasteiger partial charge is 0.486 e. The molecule has 0 saturated carbocycles. The number of ketones is 1. The van der Waals surface area contributed by atoms with Gasteiger partial charge in [-0.1, -0.05) is 0 Å². The van der Waals surface area contributed by atoms with Gasteiger partial charge in [-0.3, -0.25) is 4.79 Å². The van der Waals surface area contributed by atoms with Crippen LogP contribution >= 0.6 is 0 Å². The molecule has 0 amide bonds. The predicted molar refractivity (Wildman–Crippen MR) is 118 cm³/mol. The first-order chi connectivity index (χ1) is 15.5. The van der Waals surface area contributed by atoms with Crippen molar-refractivity contribution in [2.75, 3.05) is 13.2 Å². The Labute approximate surface area is 184 Å². The first-order valence-electron chi connectivity index (χ1n) is 10.3. The maximum atomic E-state index is 13.4. The number of benzene rings is 1. The van der Waals surface area contributed by atoms with Crippen molar-refractivity contribution in [1.82, 2.24) is 19.5 Å². The van der Waals surface area contributed by atoms with Gasteiger partial charge in [0.2, 0.25) is 0 Å². The third-order valence-corrected chi connectivity index (χ3v) is 5.76. The minimum Gasteiger partial charge on any atom is -0.486 e. The molecule has 1 aromatic carbocycles. The summed E-state index contributed by atoms with van der Waals surface area (Å²) in [6.07, 6.45) is 1.66. The number of rotatable bonds is 4. The summed E-state index contributed by atoms with van der Waals surface area (Å²) in [5, 5.41) is 9.83. The lowest BCUT2D eigenvalue weighted by Crippen LogP contribution is -2.16. The van der Waals surface area contributed by atoms with Crippen LogP contribution in [-0.4, -0.2) is 38.5 Å². The molecule has 0 saturated heterocycles. The summed E-state index contributed by atoms with van der Waals surface area (Å²) in [4.78, 5) is 25.2. The normalized spacial score (nSPS) is 13.7. The van der Waals surface area contributed by atoms with Crippen LogP contribution in [0.3, 0.4) is 0 Å². The van der Waals surface area contributed by atoms with Gasteiger partial charge in [-0.25, -0.2) is 9.97 Å². The van der Waals surface area contributed by atoms with Gasteiger partial charge < -0.3 is 19.0 Å². The number of Topliss-reactive ketones (excluding diaryl/α,β-unsaturated/α-hetero) is 1. The number of fused-ring (bicyclic) bond motifs is 2. The van der Waals surface area contributed by atoms with Gasteiger partial charge in [-0.15, -0.1) is 0 Å². The number of nitriles is 1. The van der Waals surface area contributed by atoms with Crippen molar-refractivity contribution < 1.29 is 14.3 Å². The van der Waals surface area contributed by atoms with Crippen LogP contribution in [0.15, 0.2) is 36.5 Å². The fraction of sp³-hybridized carbons (Fsp3) is 0.250. The second-order valence-electron chi connectivity index (χ2n) is 7.82. The van der Waals surface area contributed by atoms with Gasteiger partial charge in [0.1, 0.15) is 19.0 Å². The number of nitrogens with one attached hydrogen (secondary N) is 1. The van der Waals surface area contributed by atoms with Crippen LogP contribution in [0.25, 0.3) is 16.9 Å². The van der Waals surface area contributed by atoms with Crippen LogP contribution in [0.4, 0.5) is 0 Å². The molecule has 0 bridgehead atoms. The first-order valence-corrected chi connectivity index (χ1v) is 10.3.